The molecule has 100 valence electrons. The van der Waals surface area contributed by atoms with Crippen molar-refractivity contribution in [3.63, 3.8) is 0 Å². The number of rotatable bonds is 4. The van der Waals surface area contributed by atoms with Gasteiger partial charge in [-0.15, -0.1) is 0 Å². The van der Waals surface area contributed by atoms with Crippen molar-refractivity contribution in [2.24, 2.45) is 0 Å². The molecule has 7 heteroatoms. The van der Waals surface area contributed by atoms with E-state index in [1.807, 2.05) is 12.1 Å². The number of hydrogen-bond acceptors (Lipinski definition) is 3. The number of carbonyl (C=O) groups is 1. The summed E-state index contributed by atoms with van der Waals surface area (Å²) in [6.45, 7) is 0.0352. The number of benzene rings is 1. The number of hydrogen-bond donors (Lipinski definition) is 1. The molecular weight excluding hydrogens is 448 g/mol. The Labute approximate surface area is 134 Å². The van der Waals surface area contributed by atoms with Crippen LogP contribution in [0, 0.1) is 0 Å². The lowest BCUT2D eigenvalue weighted by Gasteiger charge is -2.10. The van der Waals surface area contributed by atoms with Crippen LogP contribution in [0.25, 0.3) is 0 Å². The van der Waals surface area contributed by atoms with Gasteiger partial charge in [-0.05, 0) is 50.1 Å². The highest BCUT2D eigenvalue weighted by Gasteiger charge is 2.15. The van der Waals surface area contributed by atoms with Crippen LogP contribution in [-0.4, -0.2) is 11.1 Å². The molecule has 0 spiro atoms. The topological polar surface area (TPSA) is 59.7 Å². The molecule has 2 rings (SSSR count). The molecule has 1 heterocycles. The third kappa shape index (κ3) is 3.40. The number of aromatic carboxylic acids is 1. The van der Waals surface area contributed by atoms with Gasteiger partial charge >= 0.3 is 5.97 Å². The molecule has 0 fully saturated rings. The second kappa shape index (κ2) is 6.11. The van der Waals surface area contributed by atoms with E-state index in [0.717, 1.165) is 13.4 Å². The summed E-state index contributed by atoms with van der Waals surface area (Å²) < 4.78 is 13.1. The molecule has 1 aromatic carbocycles. The molecule has 0 bridgehead atoms. The van der Waals surface area contributed by atoms with Crippen molar-refractivity contribution in [2.45, 2.75) is 6.61 Å². The van der Waals surface area contributed by atoms with Crippen LogP contribution in [0.5, 0.6) is 5.75 Å². The molecule has 2 aromatic rings. The average molecular weight is 455 g/mol. The Morgan fingerprint density at radius 3 is 2.47 bits per heavy atom. The van der Waals surface area contributed by atoms with Crippen molar-refractivity contribution >= 4 is 53.8 Å². The fourth-order valence-electron chi connectivity index (χ4n) is 1.45. The Balaban J connectivity index is 2.19. The third-order valence-corrected chi connectivity index (χ3v) is 3.92. The minimum Gasteiger partial charge on any atom is -0.483 e. The summed E-state index contributed by atoms with van der Waals surface area (Å²) in [5.41, 5.74) is 0.101. The van der Waals surface area contributed by atoms with Gasteiger partial charge in [0.1, 0.15) is 17.9 Å². The van der Waals surface area contributed by atoms with E-state index in [4.69, 9.17) is 14.3 Å². The summed E-state index contributed by atoms with van der Waals surface area (Å²) in [5, 5.41) is 8.96. The Morgan fingerprint density at radius 2 is 1.89 bits per heavy atom. The number of halogens is 3. The summed E-state index contributed by atoms with van der Waals surface area (Å²) in [6, 6.07) is 5.06. The molecule has 0 aliphatic heterocycles. The molecule has 1 aromatic heterocycles. The smallest absolute Gasteiger partial charge is 0.339 e. The minimum absolute atomic E-state index is 0.0352. The zero-order valence-electron chi connectivity index (χ0n) is 9.32. The monoisotopic (exact) mass is 452 g/mol. The summed E-state index contributed by atoms with van der Waals surface area (Å²) in [6.07, 6.45) is 1.33. The van der Waals surface area contributed by atoms with Crippen molar-refractivity contribution in [1.82, 2.24) is 0 Å². The van der Waals surface area contributed by atoms with Crippen LogP contribution < -0.4 is 4.74 Å². The summed E-state index contributed by atoms with van der Waals surface area (Å²) in [5.74, 6) is -0.188. The zero-order valence-corrected chi connectivity index (χ0v) is 14.1. The first-order valence-electron chi connectivity index (χ1n) is 5.06. The predicted octanol–water partition coefficient (Wildman–Crippen LogP) is 4.84. The molecule has 4 nitrogen and oxygen atoms in total. The highest BCUT2D eigenvalue weighted by Crippen LogP contribution is 2.37. The van der Waals surface area contributed by atoms with Gasteiger partial charge in [0.15, 0.2) is 5.76 Å². The van der Waals surface area contributed by atoms with Crippen molar-refractivity contribution < 1.29 is 19.1 Å². The first-order chi connectivity index (χ1) is 8.99. The van der Waals surface area contributed by atoms with Crippen LogP contribution in [0.2, 0.25) is 0 Å². The molecule has 1 N–H and O–H groups in total. The fraction of sp³-hybridized carbons (Fsp3) is 0.0833. The lowest BCUT2D eigenvalue weighted by Crippen LogP contribution is -2.03. The number of ether oxygens (including phenoxy) is 1. The van der Waals surface area contributed by atoms with Gasteiger partial charge in [0.05, 0.1) is 15.2 Å². The molecule has 0 unspecified atom stereocenters. The van der Waals surface area contributed by atoms with Gasteiger partial charge < -0.3 is 14.3 Å². The Hall–Kier alpha value is -0.790. The van der Waals surface area contributed by atoms with Gasteiger partial charge in [-0.25, -0.2) is 4.79 Å². The summed E-state index contributed by atoms with van der Waals surface area (Å²) in [4.78, 5) is 10.9. The molecule has 0 saturated carbocycles. The molecule has 0 amide bonds. The van der Waals surface area contributed by atoms with Crippen molar-refractivity contribution in [2.75, 3.05) is 0 Å². The first-order valence-corrected chi connectivity index (χ1v) is 7.44. The van der Waals surface area contributed by atoms with Crippen LogP contribution >= 0.6 is 47.8 Å². The van der Waals surface area contributed by atoms with Crippen molar-refractivity contribution in [3.05, 3.63) is 49.2 Å². The molecule has 0 radical (unpaired) electrons. The van der Waals surface area contributed by atoms with Gasteiger partial charge in [-0.3, -0.25) is 0 Å². The maximum atomic E-state index is 10.9. The Bertz CT molecular complexity index is 598. The molecular formula is C12H7Br3O4. The predicted molar refractivity (Wildman–Crippen MR) is 79.5 cm³/mol. The summed E-state index contributed by atoms with van der Waals surface area (Å²) >= 11 is 10.1. The van der Waals surface area contributed by atoms with E-state index in [0.29, 0.717) is 5.75 Å². The van der Waals surface area contributed by atoms with Crippen LogP contribution in [0.15, 0.2) is 42.3 Å². The van der Waals surface area contributed by atoms with Gasteiger partial charge in [-0.1, -0.05) is 15.9 Å². The van der Waals surface area contributed by atoms with E-state index in [9.17, 15) is 4.79 Å². The van der Waals surface area contributed by atoms with E-state index >= 15 is 0 Å². The molecule has 0 saturated heterocycles. The quantitative estimate of drug-likeness (QED) is 0.717. The highest BCUT2D eigenvalue weighted by atomic mass is 79.9. The lowest BCUT2D eigenvalue weighted by molar-refractivity contribution is 0.0692. The van der Waals surface area contributed by atoms with E-state index in [-0.39, 0.29) is 17.9 Å². The second-order valence-corrected chi connectivity index (χ2v) is 6.17. The second-order valence-electron chi connectivity index (χ2n) is 3.55. The van der Waals surface area contributed by atoms with Gasteiger partial charge in [0.25, 0.3) is 0 Å². The van der Waals surface area contributed by atoms with Crippen molar-refractivity contribution in [1.29, 1.82) is 0 Å². The maximum absolute atomic E-state index is 10.9. The standard InChI is InChI=1S/C12H7Br3O4/c13-6-3-8(14)11(9(15)4-6)19-5-10-7(12(16)17)1-2-18-10/h1-4H,5H2,(H,16,17). The SMILES string of the molecule is O=C(O)c1ccoc1COc1c(Br)cc(Br)cc1Br. The minimum atomic E-state index is -1.04. The lowest BCUT2D eigenvalue weighted by atomic mass is 10.2. The Kier molecular flexibility index (Phi) is 4.70. The average Bonchev–Trinajstić information content (AvgIpc) is 2.75. The zero-order chi connectivity index (χ0) is 14.0. The number of carboxylic acids is 1. The molecule has 0 aliphatic rings. The maximum Gasteiger partial charge on any atom is 0.339 e. The van der Waals surface area contributed by atoms with E-state index in [1.54, 1.807) is 0 Å². The van der Waals surface area contributed by atoms with Gasteiger partial charge in [0, 0.05) is 4.47 Å². The highest BCUT2D eigenvalue weighted by molar-refractivity contribution is 9.11. The van der Waals surface area contributed by atoms with E-state index in [1.165, 1.54) is 12.3 Å². The van der Waals surface area contributed by atoms with Gasteiger partial charge in [-0.2, -0.15) is 0 Å². The Morgan fingerprint density at radius 1 is 1.26 bits per heavy atom. The van der Waals surface area contributed by atoms with E-state index < -0.39 is 5.97 Å². The number of carboxylic acid groups (broad SMARTS) is 1. The van der Waals surface area contributed by atoms with E-state index in [2.05, 4.69) is 47.8 Å². The largest absolute Gasteiger partial charge is 0.483 e. The van der Waals surface area contributed by atoms with Gasteiger partial charge in [0.2, 0.25) is 0 Å². The molecule has 19 heavy (non-hydrogen) atoms. The fourth-order valence-corrected chi connectivity index (χ4v) is 3.94. The normalized spacial score (nSPS) is 10.5. The summed E-state index contributed by atoms with van der Waals surface area (Å²) in [7, 11) is 0. The third-order valence-electron chi connectivity index (χ3n) is 2.29. The van der Waals surface area contributed by atoms with Crippen molar-refractivity contribution in [3.8, 4) is 5.75 Å². The van der Waals surface area contributed by atoms with Crippen LogP contribution in [0.3, 0.4) is 0 Å². The van der Waals surface area contributed by atoms with Crippen LogP contribution in [0.1, 0.15) is 16.1 Å². The van der Waals surface area contributed by atoms with Crippen LogP contribution in [-0.2, 0) is 6.61 Å². The molecule has 0 atom stereocenters. The number of furan rings is 1. The molecule has 0 aliphatic carbocycles. The van der Waals surface area contributed by atoms with Crippen LogP contribution in [0.4, 0.5) is 0 Å². The first kappa shape index (κ1) is 14.6.